The maximum Gasteiger partial charge on any atom is 0.346 e. The number of nitrogens with zero attached hydrogens (tertiary/aromatic N) is 3. The van der Waals surface area contributed by atoms with Crippen molar-refractivity contribution in [2.24, 2.45) is 0 Å². The van der Waals surface area contributed by atoms with Gasteiger partial charge in [-0.2, -0.15) is 0 Å². The van der Waals surface area contributed by atoms with Crippen molar-refractivity contribution in [3.63, 3.8) is 0 Å². The van der Waals surface area contributed by atoms with Crippen molar-refractivity contribution in [1.29, 1.82) is 0 Å². The van der Waals surface area contributed by atoms with E-state index in [-0.39, 0.29) is 24.2 Å². The Kier molecular flexibility index (Phi) is 4.91. The lowest BCUT2D eigenvalue weighted by Gasteiger charge is -2.10. The van der Waals surface area contributed by atoms with Gasteiger partial charge in [-0.15, -0.1) is 16.4 Å². The van der Waals surface area contributed by atoms with E-state index in [1.165, 1.54) is 23.1 Å². The zero-order chi connectivity index (χ0) is 19.7. The number of carbonyl (C=O) groups is 1. The summed E-state index contributed by atoms with van der Waals surface area (Å²) < 4.78 is 13.4. The average Bonchev–Trinajstić information content (AvgIpc) is 3.27. The van der Waals surface area contributed by atoms with Crippen molar-refractivity contribution in [3.05, 3.63) is 46.2 Å². The molecule has 2 heterocycles. The fourth-order valence-electron chi connectivity index (χ4n) is 3.01. The van der Waals surface area contributed by atoms with Gasteiger partial charge in [0.1, 0.15) is 6.54 Å². The Morgan fingerprint density at radius 2 is 2.04 bits per heavy atom. The van der Waals surface area contributed by atoms with Gasteiger partial charge in [0.15, 0.2) is 17.3 Å². The zero-order valence-corrected chi connectivity index (χ0v) is 16.4. The molecule has 1 aliphatic rings. The van der Waals surface area contributed by atoms with Crippen LogP contribution in [0.1, 0.15) is 18.9 Å². The summed E-state index contributed by atoms with van der Waals surface area (Å²) in [5.41, 5.74) is 0.296. The molecule has 0 bridgehead atoms. The molecule has 0 unspecified atom stereocenters. The molecule has 0 atom stereocenters. The Balaban J connectivity index is 1.55. The molecule has 1 saturated carbocycles. The number of carbonyl (C=O) groups excluding carboxylic acids is 1. The lowest BCUT2D eigenvalue weighted by Crippen LogP contribution is -2.30. The second-order valence-electron chi connectivity index (χ2n) is 6.46. The highest BCUT2D eigenvalue weighted by Gasteiger charge is 2.31. The second-order valence-corrected chi connectivity index (χ2v) is 7.41. The number of hydrogen-bond donors (Lipinski definition) is 1. The van der Waals surface area contributed by atoms with Crippen LogP contribution >= 0.6 is 11.3 Å². The average molecular weight is 400 g/mol. The molecule has 9 heteroatoms. The standard InChI is InChI=1S/C19H20N4O4S/c1-26-14-8-5-12(10-15(14)27-2)20-17(24)11-22-19(25)23(13-6-7-13)18(21-22)16-4-3-9-28-16/h3-5,8-10,13H,6-7,11H2,1-2H3,(H,20,24). The zero-order valence-electron chi connectivity index (χ0n) is 15.5. The number of ether oxygens (including phenoxy) is 2. The minimum Gasteiger partial charge on any atom is -0.493 e. The molecule has 1 fully saturated rings. The van der Waals surface area contributed by atoms with Crippen LogP contribution in [0.15, 0.2) is 40.5 Å². The SMILES string of the molecule is COc1ccc(NC(=O)Cn2nc(-c3cccs3)n(C3CC3)c2=O)cc1OC. The fraction of sp³-hybridized carbons (Fsp3) is 0.316. The van der Waals surface area contributed by atoms with E-state index in [0.717, 1.165) is 17.7 Å². The third kappa shape index (κ3) is 3.53. The minimum atomic E-state index is -0.340. The molecule has 8 nitrogen and oxygen atoms in total. The molecule has 1 aromatic carbocycles. The first-order chi connectivity index (χ1) is 13.6. The van der Waals surface area contributed by atoms with Crippen LogP contribution in [0.2, 0.25) is 0 Å². The molecule has 4 rings (SSSR count). The van der Waals surface area contributed by atoms with E-state index in [1.807, 2.05) is 17.5 Å². The first-order valence-electron chi connectivity index (χ1n) is 8.86. The Morgan fingerprint density at radius 3 is 2.68 bits per heavy atom. The van der Waals surface area contributed by atoms with Crippen LogP contribution in [0.5, 0.6) is 11.5 Å². The van der Waals surface area contributed by atoms with Crippen molar-refractivity contribution >= 4 is 22.9 Å². The number of anilines is 1. The molecule has 146 valence electrons. The van der Waals surface area contributed by atoms with Gasteiger partial charge in [-0.05, 0) is 36.4 Å². The highest BCUT2D eigenvalue weighted by atomic mass is 32.1. The van der Waals surface area contributed by atoms with Crippen molar-refractivity contribution in [1.82, 2.24) is 14.3 Å². The van der Waals surface area contributed by atoms with E-state index < -0.39 is 0 Å². The number of hydrogen-bond acceptors (Lipinski definition) is 6. The summed E-state index contributed by atoms with van der Waals surface area (Å²) in [7, 11) is 3.07. The largest absolute Gasteiger partial charge is 0.493 e. The van der Waals surface area contributed by atoms with Gasteiger partial charge in [-0.1, -0.05) is 6.07 Å². The molecule has 28 heavy (non-hydrogen) atoms. The van der Waals surface area contributed by atoms with Crippen molar-refractivity contribution in [2.45, 2.75) is 25.4 Å². The highest BCUT2D eigenvalue weighted by Crippen LogP contribution is 2.37. The number of methoxy groups -OCH3 is 2. The maximum atomic E-state index is 12.8. The summed E-state index contributed by atoms with van der Waals surface area (Å²) in [5.74, 6) is 1.37. The van der Waals surface area contributed by atoms with Crippen LogP contribution in [0.4, 0.5) is 5.69 Å². The summed E-state index contributed by atoms with van der Waals surface area (Å²) in [4.78, 5) is 26.2. The Labute approximate surface area is 165 Å². The highest BCUT2D eigenvalue weighted by molar-refractivity contribution is 7.13. The predicted molar refractivity (Wildman–Crippen MR) is 106 cm³/mol. The quantitative estimate of drug-likeness (QED) is 0.659. The minimum absolute atomic E-state index is 0.161. The van der Waals surface area contributed by atoms with Crippen molar-refractivity contribution < 1.29 is 14.3 Å². The molecule has 0 saturated heterocycles. The number of thiophene rings is 1. The van der Waals surface area contributed by atoms with Gasteiger partial charge >= 0.3 is 5.69 Å². The molecule has 0 spiro atoms. The number of amides is 1. The number of benzene rings is 1. The van der Waals surface area contributed by atoms with E-state index in [4.69, 9.17) is 9.47 Å². The van der Waals surface area contributed by atoms with Gasteiger partial charge in [-0.3, -0.25) is 9.36 Å². The molecule has 2 aromatic heterocycles. The predicted octanol–water partition coefficient (Wildman–Crippen LogP) is 2.76. The smallest absolute Gasteiger partial charge is 0.346 e. The second kappa shape index (κ2) is 7.51. The Bertz CT molecular complexity index is 1050. The van der Waals surface area contributed by atoms with Crippen molar-refractivity contribution in [2.75, 3.05) is 19.5 Å². The van der Waals surface area contributed by atoms with Crippen LogP contribution in [0.25, 0.3) is 10.7 Å². The first kappa shape index (κ1) is 18.3. The summed E-state index contributed by atoms with van der Waals surface area (Å²) >= 11 is 1.52. The molecular weight excluding hydrogens is 380 g/mol. The Hall–Kier alpha value is -3.07. The monoisotopic (exact) mass is 400 g/mol. The van der Waals surface area contributed by atoms with E-state index >= 15 is 0 Å². The lowest BCUT2D eigenvalue weighted by molar-refractivity contribution is -0.117. The van der Waals surface area contributed by atoms with E-state index in [0.29, 0.717) is 23.0 Å². The van der Waals surface area contributed by atoms with E-state index in [9.17, 15) is 9.59 Å². The number of nitrogens with one attached hydrogen (secondary N) is 1. The third-order valence-corrected chi connectivity index (χ3v) is 5.35. The molecule has 0 radical (unpaired) electrons. The third-order valence-electron chi connectivity index (χ3n) is 4.48. The van der Waals surface area contributed by atoms with Gasteiger partial charge in [0.25, 0.3) is 0 Å². The number of rotatable bonds is 7. The summed E-state index contributed by atoms with van der Waals surface area (Å²) in [5, 5.41) is 9.14. The van der Waals surface area contributed by atoms with Gasteiger partial charge in [0.05, 0.1) is 19.1 Å². The lowest BCUT2D eigenvalue weighted by atomic mass is 10.2. The van der Waals surface area contributed by atoms with Crippen LogP contribution in [0.3, 0.4) is 0 Å². The van der Waals surface area contributed by atoms with Gasteiger partial charge in [-0.25, -0.2) is 9.48 Å². The molecule has 1 aliphatic carbocycles. The van der Waals surface area contributed by atoms with Gasteiger partial charge < -0.3 is 14.8 Å². The summed E-state index contributed by atoms with van der Waals surface area (Å²) in [6, 6.07) is 9.11. The molecule has 1 amide bonds. The molecule has 1 N–H and O–H groups in total. The van der Waals surface area contributed by atoms with Gasteiger partial charge in [0, 0.05) is 17.8 Å². The van der Waals surface area contributed by atoms with E-state index in [1.54, 1.807) is 29.9 Å². The number of aromatic nitrogens is 3. The molecular formula is C19H20N4O4S. The maximum absolute atomic E-state index is 12.8. The fourth-order valence-corrected chi connectivity index (χ4v) is 3.71. The topological polar surface area (TPSA) is 87.4 Å². The Morgan fingerprint density at radius 1 is 1.25 bits per heavy atom. The molecule has 0 aliphatic heterocycles. The van der Waals surface area contributed by atoms with Crippen LogP contribution in [-0.4, -0.2) is 34.5 Å². The van der Waals surface area contributed by atoms with Crippen LogP contribution < -0.4 is 20.5 Å². The van der Waals surface area contributed by atoms with Crippen molar-refractivity contribution in [3.8, 4) is 22.2 Å². The summed E-state index contributed by atoms with van der Waals surface area (Å²) in [6.45, 7) is -0.161. The van der Waals surface area contributed by atoms with Crippen LogP contribution in [0, 0.1) is 0 Å². The van der Waals surface area contributed by atoms with E-state index in [2.05, 4.69) is 10.4 Å². The first-order valence-corrected chi connectivity index (χ1v) is 9.73. The normalized spacial score (nSPS) is 13.4. The van der Waals surface area contributed by atoms with Gasteiger partial charge in [0.2, 0.25) is 5.91 Å². The summed E-state index contributed by atoms with van der Waals surface area (Å²) in [6.07, 6.45) is 1.92. The molecule has 3 aromatic rings. The van der Waals surface area contributed by atoms with Crippen LogP contribution in [-0.2, 0) is 11.3 Å².